The largest absolute Gasteiger partial charge is 0.461 e. The summed E-state index contributed by atoms with van der Waals surface area (Å²) in [6.07, 6.45) is 8.32. The van der Waals surface area contributed by atoms with Gasteiger partial charge in [-0.25, -0.2) is 4.79 Å². The van der Waals surface area contributed by atoms with Gasteiger partial charge in [-0.1, -0.05) is 19.1 Å². The highest BCUT2D eigenvalue weighted by molar-refractivity contribution is 6.01. The van der Waals surface area contributed by atoms with E-state index in [1.165, 1.54) is 4.90 Å². The second-order valence-electron chi connectivity index (χ2n) is 8.13. The second-order valence-corrected chi connectivity index (χ2v) is 8.13. The van der Waals surface area contributed by atoms with E-state index in [0.29, 0.717) is 6.42 Å². The van der Waals surface area contributed by atoms with E-state index in [2.05, 4.69) is 22.5 Å². The Bertz CT molecular complexity index is 622. The van der Waals surface area contributed by atoms with Gasteiger partial charge >= 0.3 is 12.1 Å². The normalized spacial score (nSPS) is 23.3. The fourth-order valence-corrected chi connectivity index (χ4v) is 2.67. The molecule has 0 bridgehead atoms. The lowest BCUT2D eigenvalue weighted by Crippen LogP contribution is -2.45. The second kappa shape index (κ2) is 12.2. The van der Waals surface area contributed by atoms with Gasteiger partial charge in [0, 0.05) is 13.5 Å². The zero-order valence-corrected chi connectivity index (χ0v) is 18.3. The van der Waals surface area contributed by atoms with Crippen LogP contribution < -0.4 is 5.32 Å². The number of carbonyl (C=O) groups is 3. The van der Waals surface area contributed by atoms with E-state index < -0.39 is 17.7 Å². The molecule has 29 heavy (non-hydrogen) atoms. The van der Waals surface area contributed by atoms with Crippen molar-refractivity contribution < 1.29 is 23.9 Å². The molecule has 1 aliphatic rings. The monoisotopic (exact) mass is 409 g/mol. The molecule has 1 rings (SSSR count). The minimum atomic E-state index is -0.834. The zero-order valence-electron chi connectivity index (χ0n) is 18.3. The third kappa shape index (κ3) is 11.3. The van der Waals surface area contributed by atoms with E-state index in [9.17, 15) is 14.4 Å². The van der Waals surface area contributed by atoms with Gasteiger partial charge < -0.3 is 14.4 Å². The van der Waals surface area contributed by atoms with Crippen LogP contribution in [0, 0.1) is 0 Å². The van der Waals surface area contributed by atoms with Crippen LogP contribution in [0.1, 0.15) is 72.6 Å². The summed E-state index contributed by atoms with van der Waals surface area (Å²) in [5, 5.41) is 2.62. The van der Waals surface area contributed by atoms with Gasteiger partial charge in [-0.3, -0.25) is 14.9 Å². The molecule has 2 amide bonds. The number of allylic oxidation sites excluding steroid dienone is 2. The van der Waals surface area contributed by atoms with Crippen LogP contribution in [0.2, 0.25) is 0 Å². The first-order chi connectivity index (χ1) is 13.6. The van der Waals surface area contributed by atoms with Crippen molar-refractivity contribution >= 4 is 23.9 Å². The van der Waals surface area contributed by atoms with Crippen molar-refractivity contribution in [3.8, 4) is 0 Å². The minimum absolute atomic E-state index is 0.0266. The van der Waals surface area contributed by atoms with E-state index in [1.807, 2.05) is 6.92 Å². The van der Waals surface area contributed by atoms with Crippen LogP contribution in [0.15, 0.2) is 17.1 Å². The maximum Gasteiger partial charge on any atom is 0.437 e. The molecule has 0 radical (unpaired) electrons. The van der Waals surface area contributed by atoms with Crippen LogP contribution >= 0.6 is 0 Å². The molecule has 1 aliphatic heterocycles. The Morgan fingerprint density at radius 3 is 2.62 bits per heavy atom. The molecule has 0 aliphatic carbocycles. The molecule has 0 saturated heterocycles. The van der Waals surface area contributed by atoms with Crippen molar-refractivity contribution in [1.29, 1.82) is 0 Å². The van der Waals surface area contributed by atoms with Crippen LogP contribution in [-0.4, -0.2) is 54.1 Å². The van der Waals surface area contributed by atoms with Gasteiger partial charge in [0.2, 0.25) is 11.9 Å². The number of amides is 2. The number of nitrogens with one attached hydrogen (secondary N) is 1. The number of hydrogen-bond acceptors (Lipinski definition) is 5. The molecular formula is C21H35N3O5. The van der Waals surface area contributed by atoms with Gasteiger partial charge in [-0.05, 0) is 59.3 Å². The average molecular weight is 410 g/mol. The van der Waals surface area contributed by atoms with Gasteiger partial charge in [-0.2, -0.15) is 0 Å². The number of carbonyl (C=O) groups excluding carboxylic acids is 3. The molecule has 164 valence electrons. The summed E-state index contributed by atoms with van der Waals surface area (Å²) < 4.78 is 10.7. The first-order valence-electron chi connectivity index (χ1n) is 10.3. The highest BCUT2D eigenvalue weighted by Gasteiger charge is 2.21. The molecule has 8 nitrogen and oxygen atoms in total. The predicted octanol–water partition coefficient (Wildman–Crippen LogP) is 3.56. The van der Waals surface area contributed by atoms with Gasteiger partial charge in [0.05, 0.1) is 0 Å². The number of esters is 1. The van der Waals surface area contributed by atoms with E-state index in [-0.39, 0.29) is 24.5 Å². The number of hydrogen-bond donors (Lipinski definition) is 1. The molecule has 8 heteroatoms. The number of aliphatic imine (C=N–C) groups is 1. The van der Waals surface area contributed by atoms with Crippen LogP contribution in [0.3, 0.4) is 0 Å². The standard InChI is InChI=1S/C21H35N3O5/c1-6-16-13-11-9-7-8-10-12-14-17(25)22-19(24(5)15-18(26)28-16)23-20(27)29-21(2,3)4/h7,9,16H,6,8,10-15H2,1-5H3,(H,22,23,25,27)/b9-7+. The van der Waals surface area contributed by atoms with Crippen LogP contribution in [0.4, 0.5) is 4.79 Å². The Balaban J connectivity index is 2.97. The number of cyclic esters (lactones) is 1. The number of nitrogens with zero attached hydrogens (tertiary/aromatic N) is 2. The van der Waals surface area contributed by atoms with E-state index in [0.717, 1.165) is 38.5 Å². The van der Waals surface area contributed by atoms with Crippen molar-refractivity contribution in [1.82, 2.24) is 10.2 Å². The molecule has 0 spiro atoms. The molecule has 0 aromatic heterocycles. The Hall–Kier alpha value is -2.38. The van der Waals surface area contributed by atoms with E-state index in [1.54, 1.807) is 27.8 Å². The Labute approximate surface area is 173 Å². The number of guanidine groups is 1. The maximum atomic E-state index is 12.3. The molecule has 1 atom stereocenters. The molecule has 1 heterocycles. The van der Waals surface area contributed by atoms with Crippen LogP contribution in [0.5, 0.6) is 0 Å². The van der Waals surface area contributed by atoms with Gasteiger partial charge in [-0.15, -0.1) is 4.99 Å². The quantitative estimate of drug-likeness (QED) is 0.525. The zero-order chi connectivity index (χ0) is 21.9. The lowest BCUT2D eigenvalue weighted by atomic mass is 10.1. The summed E-state index contributed by atoms with van der Waals surface area (Å²) >= 11 is 0. The first kappa shape index (κ1) is 24.7. The highest BCUT2D eigenvalue weighted by Crippen LogP contribution is 2.11. The van der Waals surface area contributed by atoms with Crippen molar-refractivity contribution in [3.05, 3.63) is 12.2 Å². The van der Waals surface area contributed by atoms with Crippen molar-refractivity contribution in [2.75, 3.05) is 13.6 Å². The summed E-state index contributed by atoms with van der Waals surface area (Å²) in [5.74, 6) is -0.738. The third-order valence-corrected chi connectivity index (χ3v) is 4.17. The maximum absolute atomic E-state index is 12.3. The molecule has 0 saturated carbocycles. The van der Waals surface area contributed by atoms with Crippen molar-refractivity contribution in [2.45, 2.75) is 84.3 Å². The molecule has 0 fully saturated rings. The topological polar surface area (TPSA) is 97.3 Å². The molecule has 0 aromatic rings. The average Bonchev–Trinajstić information content (AvgIpc) is 2.59. The minimum Gasteiger partial charge on any atom is -0.461 e. The fourth-order valence-electron chi connectivity index (χ4n) is 2.67. The first-order valence-corrected chi connectivity index (χ1v) is 10.3. The third-order valence-electron chi connectivity index (χ3n) is 4.17. The molecular weight excluding hydrogens is 374 g/mol. The van der Waals surface area contributed by atoms with E-state index in [4.69, 9.17) is 9.47 Å². The van der Waals surface area contributed by atoms with Gasteiger partial charge in [0.1, 0.15) is 18.2 Å². The smallest absolute Gasteiger partial charge is 0.437 e. The summed E-state index contributed by atoms with van der Waals surface area (Å²) in [6.45, 7) is 7.00. The lowest BCUT2D eigenvalue weighted by molar-refractivity contribution is -0.149. The summed E-state index contributed by atoms with van der Waals surface area (Å²) in [6, 6.07) is 0. The SMILES string of the molecule is CCC1CC/C=C/CCCCC(=O)NC(=NC(=O)OC(C)(C)C)N(C)CC(=O)O1. The van der Waals surface area contributed by atoms with Crippen molar-refractivity contribution in [3.63, 3.8) is 0 Å². The lowest BCUT2D eigenvalue weighted by Gasteiger charge is -2.23. The summed E-state index contributed by atoms with van der Waals surface area (Å²) in [4.78, 5) is 42.0. The molecule has 0 aromatic carbocycles. The summed E-state index contributed by atoms with van der Waals surface area (Å²) in [7, 11) is 1.57. The van der Waals surface area contributed by atoms with Gasteiger partial charge in [0.25, 0.3) is 0 Å². The Morgan fingerprint density at radius 1 is 1.28 bits per heavy atom. The molecule has 1 unspecified atom stereocenters. The highest BCUT2D eigenvalue weighted by atomic mass is 16.6. The van der Waals surface area contributed by atoms with Crippen LogP contribution in [0.25, 0.3) is 0 Å². The Kier molecular flexibility index (Phi) is 10.4. The number of rotatable bonds is 1. The Morgan fingerprint density at radius 2 is 1.97 bits per heavy atom. The van der Waals surface area contributed by atoms with Crippen LogP contribution in [-0.2, 0) is 19.1 Å². The van der Waals surface area contributed by atoms with E-state index >= 15 is 0 Å². The number of likely N-dealkylation sites (N-methyl/N-ethyl adjacent to an activating group) is 1. The summed E-state index contributed by atoms with van der Waals surface area (Å²) in [5.41, 5.74) is -0.719. The van der Waals surface area contributed by atoms with Crippen molar-refractivity contribution in [2.24, 2.45) is 4.99 Å². The number of ether oxygens (including phenoxy) is 2. The predicted molar refractivity (Wildman–Crippen MR) is 111 cm³/mol. The molecule has 1 N–H and O–H groups in total. The van der Waals surface area contributed by atoms with Gasteiger partial charge in [0.15, 0.2) is 0 Å². The fraction of sp³-hybridized carbons (Fsp3) is 0.714.